The van der Waals surface area contributed by atoms with Crippen LogP contribution in [0.15, 0.2) is 47.6 Å². The first-order valence-corrected chi connectivity index (χ1v) is 10.9. The lowest BCUT2D eigenvalue weighted by molar-refractivity contribution is -0.113. The number of methoxy groups -OCH3 is 1. The van der Waals surface area contributed by atoms with E-state index in [2.05, 4.69) is 20.8 Å². The summed E-state index contributed by atoms with van der Waals surface area (Å²) in [5.74, 6) is 0.0573. The highest BCUT2D eigenvalue weighted by molar-refractivity contribution is 7.99. The van der Waals surface area contributed by atoms with Crippen LogP contribution in [0.2, 0.25) is 5.02 Å². The van der Waals surface area contributed by atoms with Crippen molar-refractivity contribution in [2.24, 2.45) is 7.05 Å². The van der Waals surface area contributed by atoms with Gasteiger partial charge in [0.25, 0.3) is 5.91 Å². The van der Waals surface area contributed by atoms with E-state index in [0.29, 0.717) is 33.0 Å². The second kappa shape index (κ2) is 10.5. The number of nitrogens with zero attached hydrogens (tertiary/aromatic N) is 3. The third-order valence-corrected chi connectivity index (χ3v) is 5.73. The Labute approximate surface area is 193 Å². The van der Waals surface area contributed by atoms with Crippen LogP contribution >= 0.6 is 23.4 Å². The Bertz CT molecular complexity index is 1120. The van der Waals surface area contributed by atoms with E-state index in [1.807, 2.05) is 0 Å². The molecule has 0 bridgehead atoms. The van der Waals surface area contributed by atoms with Gasteiger partial charge < -0.3 is 19.9 Å². The number of hydrogen-bond donors (Lipinski definition) is 2. The first-order valence-electron chi connectivity index (χ1n) is 9.50. The van der Waals surface area contributed by atoms with Gasteiger partial charge in [0.1, 0.15) is 11.6 Å². The summed E-state index contributed by atoms with van der Waals surface area (Å²) in [6.45, 7) is 1.76. The quantitative estimate of drug-likeness (QED) is 0.478. The van der Waals surface area contributed by atoms with Crippen LogP contribution in [0.25, 0.3) is 0 Å². The molecule has 2 N–H and O–H groups in total. The zero-order valence-corrected chi connectivity index (χ0v) is 19.1. The molecule has 1 aromatic heterocycles. The van der Waals surface area contributed by atoms with Crippen molar-refractivity contribution in [3.05, 3.63) is 64.7 Å². The first-order chi connectivity index (χ1) is 15.3. The van der Waals surface area contributed by atoms with Crippen LogP contribution in [0.4, 0.5) is 10.1 Å². The van der Waals surface area contributed by atoms with Crippen LogP contribution in [-0.2, 0) is 11.8 Å². The smallest absolute Gasteiger partial charge is 0.251 e. The molecule has 0 radical (unpaired) electrons. The molecule has 8 nitrogen and oxygen atoms in total. The number of benzene rings is 2. The van der Waals surface area contributed by atoms with Gasteiger partial charge in [0.05, 0.1) is 24.6 Å². The van der Waals surface area contributed by atoms with E-state index in [1.165, 1.54) is 43.1 Å². The highest BCUT2D eigenvalue weighted by Crippen LogP contribution is 2.28. The number of ether oxygens (including phenoxy) is 1. The molecule has 0 fully saturated rings. The summed E-state index contributed by atoms with van der Waals surface area (Å²) < 4.78 is 20.0. The molecule has 0 saturated carbocycles. The van der Waals surface area contributed by atoms with Crippen molar-refractivity contribution in [2.75, 3.05) is 18.2 Å². The maximum Gasteiger partial charge on any atom is 0.251 e. The molecule has 1 atom stereocenters. The van der Waals surface area contributed by atoms with Crippen molar-refractivity contribution in [3.63, 3.8) is 0 Å². The van der Waals surface area contributed by atoms with E-state index >= 15 is 0 Å². The Balaban J connectivity index is 1.59. The van der Waals surface area contributed by atoms with E-state index < -0.39 is 11.9 Å². The molecule has 168 valence electrons. The summed E-state index contributed by atoms with van der Waals surface area (Å²) in [6, 6.07) is 9.75. The van der Waals surface area contributed by atoms with Gasteiger partial charge >= 0.3 is 0 Å². The normalized spacial score (nSPS) is 11.7. The number of hydrogen-bond acceptors (Lipinski definition) is 6. The van der Waals surface area contributed by atoms with Crippen LogP contribution in [-0.4, -0.2) is 39.4 Å². The molecule has 0 saturated heterocycles. The molecule has 3 aromatic rings. The Morgan fingerprint density at radius 3 is 2.62 bits per heavy atom. The predicted octanol–water partition coefficient (Wildman–Crippen LogP) is 3.84. The van der Waals surface area contributed by atoms with Crippen LogP contribution in [0.1, 0.15) is 29.1 Å². The Hall–Kier alpha value is -3.11. The van der Waals surface area contributed by atoms with Crippen LogP contribution in [0.3, 0.4) is 0 Å². The average molecular weight is 478 g/mol. The molecule has 0 spiro atoms. The molecule has 0 aliphatic rings. The van der Waals surface area contributed by atoms with Gasteiger partial charge in [-0.2, -0.15) is 0 Å². The van der Waals surface area contributed by atoms with Crippen molar-refractivity contribution < 1.29 is 18.7 Å². The minimum atomic E-state index is -0.455. The Morgan fingerprint density at radius 1 is 1.22 bits per heavy atom. The van der Waals surface area contributed by atoms with Gasteiger partial charge in [0, 0.05) is 17.6 Å². The zero-order valence-electron chi connectivity index (χ0n) is 17.6. The van der Waals surface area contributed by atoms with Crippen molar-refractivity contribution in [3.8, 4) is 5.75 Å². The van der Waals surface area contributed by atoms with E-state index in [1.54, 1.807) is 36.7 Å². The molecule has 3 rings (SSSR count). The first kappa shape index (κ1) is 23.6. The fourth-order valence-electron chi connectivity index (χ4n) is 2.87. The summed E-state index contributed by atoms with van der Waals surface area (Å²) in [5.41, 5.74) is 0.810. The van der Waals surface area contributed by atoms with Crippen LogP contribution < -0.4 is 15.4 Å². The fraction of sp³-hybridized carbons (Fsp3) is 0.238. The molecular weight excluding hydrogens is 457 g/mol. The SMILES string of the molecule is COc1ccc(Cl)cc1NC(=O)CSc1nnc([C@H](C)NC(=O)c2ccc(F)cc2)n1C. The number of halogens is 2. The lowest BCUT2D eigenvalue weighted by atomic mass is 10.2. The molecule has 11 heteroatoms. The molecule has 0 aliphatic heterocycles. The maximum atomic E-state index is 13.0. The number of carbonyl (C=O) groups excluding carboxylic acids is 2. The molecule has 1 heterocycles. The van der Waals surface area contributed by atoms with Crippen molar-refractivity contribution in [2.45, 2.75) is 18.1 Å². The molecule has 0 unspecified atom stereocenters. The number of carbonyl (C=O) groups is 2. The third kappa shape index (κ3) is 5.77. The highest BCUT2D eigenvalue weighted by Gasteiger charge is 2.19. The summed E-state index contributed by atoms with van der Waals surface area (Å²) in [6.07, 6.45) is 0. The lowest BCUT2D eigenvalue weighted by Crippen LogP contribution is -2.28. The predicted molar refractivity (Wildman–Crippen MR) is 121 cm³/mol. The zero-order chi connectivity index (χ0) is 23.3. The minimum absolute atomic E-state index is 0.0813. The molecular formula is C21H21ClFN5O3S. The summed E-state index contributed by atoms with van der Waals surface area (Å²) in [7, 11) is 3.25. The number of nitrogens with one attached hydrogen (secondary N) is 2. The summed E-state index contributed by atoms with van der Waals surface area (Å²) in [5, 5.41) is 14.8. The molecule has 0 aliphatic carbocycles. The lowest BCUT2D eigenvalue weighted by Gasteiger charge is -2.14. The number of aromatic nitrogens is 3. The van der Waals surface area contributed by atoms with Crippen LogP contribution in [0, 0.1) is 5.82 Å². The fourth-order valence-corrected chi connectivity index (χ4v) is 3.76. The summed E-state index contributed by atoms with van der Waals surface area (Å²) >= 11 is 7.18. The third-order valence-electron chi connectivity index (χ3n) is 4.48. The number of thioether (sulfide) groups is 1. The van der Waals surface area contributed by atoms with Gasteiger partial charge in [-0.3, -0.25) is 9.59 Å². The summed E-state index contributed by atoms with van der Waals surface area (Å²) in [4.78, 5) is 24.7. The van der Waals surface area contributed by atoms with E-state index in [0.717, 1.165) is 0 Å². The van der Waals surface area contributed by atoms with Gasteiger partial charge in [-0.05, 0) is 49.4 Å². The highest BCUT2D eigenvalue weighted by atomic mass is 35.5. The van der Waals surface area contributed by atoms with Crippen LogP contribution in [0.5, 0.6) is 5.75 Å². The van der Waals surface area contributed by atoms with Gasteiger partial charge in [0.2, 0.25) is 5.91 Å². The average Bonchev–Trinajstić information content (AvgIpc) is 3.13. The number of amides is 2. The molecule has 2 amide bonds. The van der Waals surface area contributed by atoms with Gasteiger partial charge in [-0.15, -0.1) is 10.2 Å². The van der Waals surface area contributed by atoms with Gasteiger partial charge in [0.15, 0.2) is 11.0 Å². The molecule has 32 heavy (non-hydrogen) atoms. The molecule has 2 aromatic carbocycles. The second-order valence-electron chi connectivity index (χ2n) is 6.78. The van der Waals surface area contributed by atoms with Crippen molar-refractivity contribution >= 4 is 40.9 Å². The van der Waals surface area contributed by atoms with E-state index in [-0.39, 0.29) is 17.6 Å². The Morgan fingerprint density at radius 2 is 1.94 bits per heavy atom. The van der Waals surface area contributed by atoms with Crippen molar-refractivity contribution in [1.29, 1.82) is 0 Å². The second-order valence-corrected chi connectivity index (χ2v) is 8.16. The number of anilines is 1. The topological polar surface area (TPSA) is 98.1 Å². The van der Waals surface area contributed by atoms with E-state index in [9.17, 15) is 14.0 Å². The Kier molecular flexibility index (Phi) is 7.70. The number of rotatable bonds is 8. The van der Waals surface area contributed by atoms with Crippen molar-refractivity contribution in [1.82, 2.24) is 20.1 Å². The minimum Gasteiger partial charge on any atom is -0.495 e. The van der Waals surface area contributed by atoms with E-state index in [4.69, 9.17) is 16.3 Å². The van der Waals surface area contributed by atoms with Gasteiger partial charge in [-0.25, -0.2) is 4.39 Å². The maximum absolute atomic E-state index is 13.0. The standard InChI is InChI=1S/C21H21ClFN5O3S/c1-12(24-20(30)13-4-7-15(23)8-5-13)19-26-27-21(28(19)2)32-11-18(29)25-16-10-14(22)6-9-17(16)31-3/h4-10,12H,11H2,1-3H3,(H,24,30)(H,25,29)/t12-/m0/s1. The van der Waals surface area contributed by atoms with Gasteiger partial charge in [-0.1, -0.05) is 23.4 Å². The monoisotopic (exact) mass is 477 g/mol. The largest absolute Gasteiger partial charge is 0.495 e.